The third-order valence-corrected chi connectivity index (χ3v) is 5.04. The fourth-order valence-corrected chi connectivity index (χ4v) is 3.67. The lowest BCUT2D eigenvalue weighted by atomic mass is 9.89. The molecule has 0 radical (unpaired) electrons. The van der Waals surface area contributed by atoms with Crippen LogP contribution in [-0.2, 0) is 0 Å². The number of rotatable bonds is 8. The van der Waals surface area contributed by atoms with Crippen LogP contribution in [0.2, 0.25) is 0 Å². The van der Waals surface area contributed by atoms with E-state index in [1.54, 1.807) is 26.4 Å². The lowest BCUT2D eigenvalue weighted by Crippen LogP contribution is -2.44. The van der Waals surface area contributed by atoms with Gasteiger partial charge in [-0.05, 0) is 43.3 Å². The number of ether oxygens (including phenoxy) is 3. The van der Waals surface area contributed by atoms with Gasteiger partial charge >= 0.3 is 0 Å². The number of thiocarbonyl (C=S) groups is 1. The summed E-state index contributed by atoms with van der Waals surface area (Å²) in [6, 6.07) is 12.4. The van der Waals surface area contributed by atoms with Crippen molar-refractivity contribution in [1.29, 1.82) is 0 Å². The summed E-state index contributed by atoms with van der Waals surface area (Å²) >= 11 is 5.37. The fraction of sp³-hybridized carbons (Fsp3) is 0.304. The molecular formula is C23H26N2O4S. The molecule has 3 rings (SSSR count). The van der Waals surface area contributed by atoms with E-state index in [-0.39, 0.29) is 5.78 Å². The largest absolute Gasteiger partial charge is 0.493 e. The number of nitrogens with one attached hydrogen (secondary N) is 2. The van der Waals surface area contributed by atoms with Crippen LogP contribution in [0.4, 0.5) is 0 Å². The third kappa shape index (κ3) is 4.41. The molecule has 2 aromatic rings. The van der Waals surface area contributed by atoms with Gasteiger partial charge in [-0.15, -0.1) is 0 Å². The zero-order valence-electron chi connectivity index (χ0n) is 17.6. The molecule has 1 unspecified atom stereocenters. The molecule has 2 N–H and O–H groups in total. The van der Waals surface area contributed by atoms with Gasteiger partial charge in [0.15, 0.2) is 22.4 Å². The van der Waals surface area contributed by atoms with Crippen LogP contribution in [0.1, 0.15) is 42.2 Å². The second-order valence-corrected chi connectivity index (χ2v) is 7.28. The van der Waals surface area contributed by atoms with E-state index in [9.17, 15) is 4.79 Å². The van der Waals surface area contributed by atoms with Crippen molar-refractivity contribution in [2.45, 2.75) is 26.3 Å². The van der Waals surface area contributed by atoms with Crippen molar-refractivity contribution in [1.82, 2.24) is 10.6 Å². The highest BCUT2D eigenvalue weighted by molar-refractivity contribution is 7.80. The smallest absolute Gasteiger partial charge is 0.203 e. The molecule has 0 aromatic heterocycles. The molecule has 1 aliphatic heterocycles. The van der Waals surface area contributed by atoms with Crippen LogP contribution in [0, 0.1) is 0 Å². The van der Waals surface area contributed by atoms with Crippen molar-refractivity contribution in [3.63, 3.8) is 0 Å². The van der Waals surface area contributed by atoms with Crippen LogP contribution in [0.25, 0.3) is 0 Å². The van der Waals surface area contributed by atoms with Gasteiger partial charge in [0.05, 0.1) is 26.9 Å². The summed E-state index contributed by atoms with van der Waals surface area (Å²) in [6.45, 7) is 4.42. The number of carbonyl (C=O) groups excluding carboxylic acids is 1. The summed E-state index contributed by atoms with van der Waals surface area (Å²) in [5.74, 6) is 1.53. The van der Waals surface area contributed by atoms with Gasteiger partial charge in [-0.25, -0.2) is 0 Å². The van der Waals surface area contributed by atoms with Gasteiger partial charge in [0.1, 0.15) is 0 Å². The first-order valence-electron chi connectivity index (χ1n) is 9.76. The van der Waals surface area contributed by atoms with Crippen molar-refractivity contribution < 1.29 is 19.0 Å². The number of hydrogen-bond acceptors (Lipinski definition) is 5. The van der Waals surface area contributed by atoms with Crippen molar-refractivity contribution in [2.75, 3.05) is 20.8 Å². The maximum Gasteiger partial charge on any atom is 0.203 e. The molecule has 0 spiro atoms. The Morgan fingerprint density at radius 2 is 1.73 bits per heavy atom. The number of methoxy groups -OCH3 is 2. The summed E-state index contributed by atoms with van der Waals surface area (Å²) < 4.78 is 17.0. The molecule has 1 heterocycles. The van der Waals surface area contributed by atoms with Crippen molar-refractivity contribution in [3.8, 4) is 17.2 Å². The summed E-state index contributed by atoms with van der Waals surface area (Å²) in [6.07, 6.45) is 0.857. The number of Topliss-reactive ketones (excluding diaryl/α,β-unsaturated/α-hetero) is 1. The lowest BCUT2D eigenvalue weighted by molar-refractivity contribution is 0.102. The van der Waals surface area contributed by atoms with Crippen LogP contribution < -0.4 is 24.8 Å². The summed E-state index contributed by atoms with van der Waals surface area (Å²) in [5.41, 5.74) is 2.69. The van der Waals surface area contributed by atoms with Crippen molar-refractivity contribution in [2.24, 2.45) is 0 Å². The molecule has 7 heteroatoms. The molecule has 0 saturated carbocycles. The molecule has 0 bridgehead atoms. The number of carbonyl (C=O) groups is 1. The Bertz CT molecular complexity index is 947. The normalized spacial score (nSPS) is 15.9. The molecule has 0 saturated heterocycles. The molecule has 30 heavy (non-hydrogen) atoms. The highest BCUT2D eigenvalue weighted by atomic mass is 32.1. The lowest BCUT2D eigenvalue weighted by Gasteiger charge is -2.31. The van der Waals surface area contributed by atoms with E-state index in [4.69, 9.17) is 26.4 Å². The number of benzene rings is 2. The topological polar surface area (TPSA) is 68.8 Å². The van der Waals surface area contributed by atoms with E-state index in [0.717, 1.165) is 12.0 Å². The first kappa shape index (κ1) is 21.6. The van der Waals surface area contributed by atoms with E-state index in [2.05, 4.69) is 10.6 Å². The van der Waals surface area contributed by atoms with Crippen molar-refractivity contribution in [3.05, 3.63) is 64.9 Å². The Labute approximate surface area is 182 Å². The zero-order chi connectivity index (χ0) is 21.7. The Hall–Kier alpha value is -3.06. The predicted octanol–water partition coefficient (Wildman–Crippen LogP) is 4.17. The average Bonchev–Trinajstić information content (AvgIpc) is 2.76. The van der Waals surface area contributed by atoms with E-state index < -0.39 is 6.04 Å². The number of hydrogen-bond donors (Lipinski definition) is 2. The Morgan fingerprint density at radius 3 is 2.30 bits per heavy atom. The summed E-state index contributed by atoms with van der Waals surface area (Å²) in [4.78, 5) is 13.3. The Kier molecular flexibility index (Phi) is 6.95. The second kappa shape index (κ2) is 9.63. The SMILES string of the molecule is CCCOc1c(OC)cc(C2NC(=S)NC(C)=C2C(=O)c2ccccc2)cc1OC. The first-order valence-corrected chi connectivity index (χ1v) is 10.2. The molecule has 1 aliphatic rings. The van der Waals surface area contributed by atoms with Gasteiger partial charge in [-0.2, -0.15) is 0 Å². The van der Waals surface area contributed by atoms with Gasteiger partial charge in [0.25, 0.3) is 0 Å². The van der Waals surface area contributed by atoms with Gasteiger partial charge < -0.3 is 24.8 Å². The van der Waals surface area contributed by atoms with Crippen LogP contribution in [-0.4, -0.2) is 31.7 Å². The van der Waals surface area contributed by atoms with E-state index in [1.165, 1.54) is 0 Å². The number of allylic oxidation sites excluding steroid dienone is 1. The Balaban J connectivity index is 2.10. The highest BCUT2D eigenvalue weighted by Crippen LogP contribution is 2.42. The number of ketones is 1. The van der Waals surface area contributed by atoms with Gasteiger partial charge in [0, 0.05) is 16.8 Å². The quantitative estimate of drug-likeness (QED) is 0.485. The highest BCUT2D eigenvalue weighted by Gasteiger charge is 2.32. The van der Waals surface area contributed by atoms with Crippen LogP contribution in [0.3, 0.4) is 0 Å². The zero-order valence-corrected chi connectivity index (χ0v) is 18.4. The third-order valence-electron chi connectivity index (χ3n) is 4.82. The molecule has 158 valence electrons. The van der Waals surface area contributed by atoms with E-state index in [0.29, 0.717) is 45.8 Å². The summed E-state index contributed by atoms with van der Waals surface area (Å²) in [7, 11) is 3.16. The average molecular weight is 427 g/mol. The summed E-state index contributed by atoms with van der Waals surface area (Å²) in [5, 5.41) is 6.74. The molecule has 2 aromatic carbocycles. The van der Waals surface area contributed by atoms with Crippen LogP contribution in [0.5, 0.6) is 17.2 Å². The predicted molar refractivity (Wildman–Crippen MR) is 120 cm³/mol. The van der Waals surface area contributed by atoms with Crippen molar-refractivity contribution >= 4 is 23.1 Å². The molecule has 1 atom stereocenters. The second-order valence-electron chi connectivity index (χ2n) is 6.87. The fourth-order valence-electron chi connectivity index (χ4n) is 3.40. The minimum Gasteiger partial charge on any atom is -0.493 e. The first-order chi connectivity index (χ1) is 14.5. The Morgan fingerprint density at radius 1 is 1.10 bits per heavy atom. The minimum absolute atomic E-state index is 0.0788. The monoisotopic (exact) mass is 426 g/mol. The van der Waals surface area contributed by atoms with E-state index in [1.807, 2.05) is 44.2 Å². The maximum atomic E-state index is 13.3. The van der Waals surface area contributed by atoms with Crippen LogP contribution >= 0.6 is 12.2 Å². The maximum absolute atomic E-state index is 13.3. The standard InChI is InChI=1S/C23H26N2O4S/c1-5-11-29-22-17(27-3)12-16(13-18(22)28-4)20-19(14(2)24-23(30)25-20)21(26)15-9-7-6-8-10-15/h6-10,12-13,20H,5,11H2,1-4H3,(H2,24,25,30). The van der Waals surface area contributed by atoms with E-state index >= 15 is 0 Å². The molecule has 0 fully saturated rings. The molecular weight excluding hydrogens is 400 g/mol. The van der Waals surface area contributed by atoms with Gasteiger partial charge in [0.2, 0.25) is 5.75 Å². The molecule has 6 nitrogen and oxygen atoms in total. The molecule has 0 amide bonds. The van der Waals surface area contributed by atoms with Gasteiger partial charge in [-0.1, -0.05) is 37.3 Å². The van der Waals surface area contributed by atoms with Gasteiger partial charge in [-0.3, -0.25) is 4.79 Å². The minimum atomic E-state index is -0.463. The molecule has 0 aliphatic carbocycles. The van der Waals surface area contributed by atoms with Crippen LogP contribution in [0.15, 0.2) is 53.7 Å².